The Morgan fingerprint density at radius 3 is 2.54 bits per heavy atom. The molecule has 2 aromatic carbocycles. The lowest BCUT2D eigenvalue weighted by Crippen LogP contribution is -2.39. The Morgan fingerprint density at radius 2 is 1.84 bits per heavy atom. The van der Waals surface area contributed by atoms with Gasteiger partial charge in [0, 0.05) is 19.4 Å². The molecule has 8 nitrogen and oxygen atoms in total. The molecule has 4 aromatic rings. The van der Waals surface area contributed by atoms with Crippen LogP contribution in [0.25, 0.3) is 22.2 Å². The largest absolute Gasteiger partial charge is 0.490 e. The van der Waals surface area contributed by atoms with Gasteiger partial charge < -0.3 is 25.5 Å². The van der Waals surface area contributed by atoms with Crippen LogP contribution >= 0.6 is 11.6 Å². The fourth-order valence-electron chi connectivity index (χ4n) is 4.11. The molecule has 0 fully saturated rings. The van der Waals surface area contributed by atoms with Gasteiger partial charge in [0.1, 0.15) is 5.75 Å². The number of aromatic amines is 1. The van der Waals surface area contributed by atoms with Crippen LogP contribution in [0.4, 0.5) is 0 Å². The summed E-state index contributed by atoms with van der Waals surface area (Å²) in [7, 11) is 1.54. The Morgan fingerprint density at radius 1 is 1.08 bits per heavy atom. The molecule has 37 heavy (non-hydrogen) atoms. The van der Waals surface area contributed by atoms with Crippen molar-refractivity contribution >= 4 is 34.4 Å². The average molecular weight is 521 g/mol. The number of carbonyl (C=O) groups excluding carboxylic acids is 2. The SMILES string of the molecule is CNC(=O)c1ccc(-c2ccc(OC(C)C)c(C(=O)NC(CO)Cc3c[nH]c4cccnc34)c2)cc1Cl. The summed E-state index contributed by atoms with van der Waals surface area (Å²) in [6, 6.07) is 13.6. The number of pyridine rings is 1. The molecule has 2 heterocycles. The lowest BCUT2D eigenvalue weighted by atomic mass is 10.00. The molecule has 4 N–H and O–H groups in total. The van der Waals surface area contributed by atoms with Gasteiger partial charge in [-0.25, -0.2) is 0 Å². The normalized spacial score (nSPS) is 11.9. The summed E-state index contributed by atoms with van der Waals surface area (Å²) in [4.78, 5) is 33.0. The first-order valence-electron chi connectivity index (χ1n) is 12.0. The van der Waals surface area contributed by atoms with Crippen LogP contribution in [0.3, 0.4) is 0 Å². The summed E-state index contributed by atoms with van der Waals surface area (Å²) in [5.41, 5.74) is 4.75. The molecule has 2 amide bonds. The molecule has 0 radical (unpaired) electrons. The summed E-state index contributed by atoms with van der Waals surface area (Å²) in [6.45, 7) is 3.52. The molecule has 0 saturated heterocycles. The lowest BCUT2D eigenvalue weighted by molar-refractivity contribution is 0.0909. The molecule has 0 aliphatic heterocycles. The molecular weight excluding hydrogens is 492 g/mol. The number of aliphatic hydroxyl groups is 1. The number of carbonyl (C=O) groups is 2. The van der Waals surface area contributed by atoms with Gasteiger partial charge in [-0.05, 0) is 73.4 Å². The van der Waals surface area contributed by atoms with Crippen molar-refractivity contribution in [3.8, 4) is 16.9 Å². The summed E-state index contributed by atoms with van der Waals surface area (Å²) in [5.74, 6) is -0.232. The van der Waals surface area contributed by atoms with E-state index in [-0.39, 0.29) is 24.5 Å². The second-order valence-electron chi connectivity index (χ2n) is 8.92. The maximum atomic E-state index is 13.4. The zero-order chi connectivity index (χ0) is 26.5. The number of H-pyrrole nitrogens is 1. The third-order valence-corrected chi connectivity index (χ3v) is 6.21. The quantitative estimate of drug-likeness (QED) is 0.261. The lowest BCUT2D eigenvalue weighted by Gasteiger charge is -2.19. The van der Waals surface area contributed by atoms with E-state index in [1.54, 1.807) is 43.6 Å². The maximum Gasteiger partial charge on any atom is 0.255 e. The fourth-order valence-corrected chi connectivity index (χ4v) is 4.38. The first kappa shape index (κ1) is 26.2. The fraction of sp³-hybridized carbons (Fsp3) is 0.250. The van der Waals surface area contributed by atoms with E-state index in [2.05, 4.69) is 20.6 Å². The van der Waals surface area contributed by atoms with Crippen LogP contribution < -0.4 is 15.4 Å². The van der Waals surface area contributed by atoms with E-state index in [1.807, 2.05) is 38.2 Å². The highest BCUT2D eigenvalue weighted by Gasteiger charge is 2.21. The Kier molecular flexibility index (Phi) is 8.11. The van der Waals surface area contributed by atoms with Gasteiger partial charge in [-0.2, -0.15) is 0 Å². The number of aromatic nitrogens is 2. The maximum absolute atomic E-state index is 13.4. The molecule has 1 unspecified atom stereocenters. The first-order chi connectivity index (χ1) is 17.8. The highest BCUT2D eigenvalue weighted by atomic mass is 35.5. The number of nitrogens with one attached hydrogen (secondary N) is 3. The third kappa shape index (κ3) is 5.93. The van der Waals surface area contributed by atoms with E-state index in [9.17, 15) is 14.7 Å². The number of benzene rings is 2. The molecule has 0 bridgehead atoms. The highest BCUT2D eigenvalue weighted by Crippen LogP contribution is 2.30. The first-order valence-corrected chi connectivity index (χ1v) is 12.3. The summed E-state index contributed by atoms with van der Waals surface area (Å²) >= 11 is 6.35. The number of aliphatic hydroxyl groups excluding tert-OH is 1. The van der Waals surface area contributed by atoms with E-state index in [0.29, 0.717) is 28.3 Å². The van der Waals surface area contributed by atoms with Crippen molar-refractivity contribution in [3.63, 3.8) is 0 Å². The number of halogens is 1. The molecule has 0 saturated carbocycles. The summed E-state index contributed by atoms with van der Waals surface area (Å²) < 4.78 is 5.91. The minimum Gasteiger partial charge on any atom is -0.490 e. The van der Waals surface area contributed by atoms with Gasteiger partial charge in [-0.15, -0.1) is 0 Å². The predicted molar refractivity (Wildman–Crippen MR) is 144 cm³/mol. The van der Waals surface area contributed by atoms with Gasteiger partial charge in [0.25, 0.3) is 11.8 Å². The molecule has 4 rings (SSSR count). The summed E-state index contributed by atoms with van der Waals surface area (Å²) in [5, 5.41) is 15.8. The topological polar surface area (TPSA) is 116 Å². The van der Waals surface area contributed by atoms with Crippen molar-refractivity contribution in [3.05, 3.63) is 82.6 Å². The van der Waals surface area contributed by atoms with Gasteiger partial charge in [-0.1, -0.05) is 23.7 Å². The van der Waals surface area contributed by atoms with Crippen molar-refractivity contribution < 1.29 is 19.4 Å². The Bertz CT molecular complexity index is 1430. The Balaban J connectivity index is 1.62. The summed E-state index contributed by atoms with van der Waals surface area (Å²) in [6.07, 6.45) is 3.80. The minimum atomic E-state index is -0.537. The number of amides is 2. The van der Waals surface area contributed by atoms with Crippen LogP contribution in [0.15, 0.2) is 60.9 Å². The molecule has 9 heteroatoms. The number of rotatable bonds is 9. The van der Waals surface area contributed by atoms with E-state index >= 15 is 0 Å². The van der Waals surface area contributed by atoms with Crippen molar-refractivity contribution in [2.45, 2.75) is 32.4 Å². The zero-order valence-electron chi connectivity index (χ0n) is 20.8. The van der Waals surface area contributed by atoms with Gasteiger partial charge in [-0.3, -0.25) is 14.6 Å². The molecule has 0 aliphatic rings. The molecule has 2 aromatic heterocycles. The second-order valence-corrected chi connectivity index (χ2v) is 9.33. The van der Waals surface area contributed by atoms with Crippen LogP contribution in [0.5, 0.6) is 5.75 Å². The molecular formula is C28H29ClN4O4. The number of ether oxygens (including phenoxy) is 1. The van der Waals surface area contributed by atoms with Crippen LogP contribution in [-0.4, -0.2) is 52.7 Å². The van der Waals surface area contributed by atoms with Crippen LogP contribution in [-0.2, 0) is 6.42 Å². The van der Waals surface area contributed by atoms with Gasteiger partial charge in [0.15, 0.2) is 0 Å². The molecule has 1 atom stereocenters. The standard InChI is InChI=1S/C28H29ClN4O4/c1-16(2)37-25-9-7-17(18-6-8-21(23(29)13-18)27(35)30-3)12-22(25)28(36)33-20(15-34)11-19-14-32-24-5-4-10-31-26(19)24/h4-10,12-14,16,20,32,34H,11,15H2,1-3H3,(H,30,35)(H,33,36). The Labute approximate surface area is 220 Å². The second kappa shape index (κ2) is 11.5. The van der Waals surface area contributed by atoms with E-state index < -0.39 is 6.04 Å². The van der Waals surface area contributed by atoms with E-state index in [1.165, 1.54) is 0 Å². The molecule has 0 aliphatic carbocycles. The third-order valence-electron chi connectivity index (χ3n) is 5.90. The van der Waals surface area contributed by atoms with Crippen molar-refractivity contribution in [2.75, 3.05) is 13.7 Å². The number of hydrogen-bond acceptors (Lipinski definition) is 5. The highest BCUT2D eigenvalue weighted by molar-refractivity contribution is 6.34. The van der Waals surface area contributed by atoms with Crippen molar-refractivity contribution in [1.29, 1.82) is 0 Å². The Hall–Kier alpha value is -3.88. The number of nitrogens with zero attached hydrogens (tertiary/aromatic N) is 1. The smallest absolute Gasteiger partial charge is 0.255 e. The monoisotopic (exact) mass is 520 g/mol. The van der Waals surface area contributed by atoms with Crippen molar-refractivity contribution in [1.82, 2.24) is 20.6 Å². The van der Waals surface area contributed by atoms with Gasteiger partial charge in [0.05, 0.1) is 45.9 Å². The molecule has 0 spiro atoms. The van der Waals surface area contributed by atoms with Crippen LogP contribution in [0.1, 0.15) is 40.1 Å². The number of fused-ring (bicyclic) bond motifs is 1. The zero-order valence-corrected chi connectivity index (χ0v) is 21.6. The van der Waals surface area contributed by atoms with Crippen molar-refractivity contribution in [2.24, 2.45) is 0 Å². The average Bonchev–Trinajstić information content (AvgIpc) is 3.30. The van der Waals surface area contributed by atoms with Gasteiger partial charge in [0.2, 0.25) is 0 Å². The van der Waals surface area contributed by atoms with Gasteiger partial charge >= 0.3 is 0 Å². The van der Waals surface area contributed by atoms with Crippen LogP contribution in [0, 0.1) is 0 Å². The van der Waals surface area contributed by atoms with Crippen LogP contribution in [0.2, 0.25) is 5.02 Å². The van der Waals surface area contributed by atoms with E-state index in [0.717, 1.165) is 27.7 Å². The molecule has 192 valence electrons. The van der Waals surface area contributed by atoms with E-state index in [4.69, 9.17) is 16.3 Å². The number of hydrogen-bond donors (Lipinski definition) is 4. The predicted octanol–water partition coefficient (Wildman–Crippen LogP) is 4.36. The minimum absolute atomic E-state index is 0.149.